The van der Waals surface area contributed by atoms with Crippen LogP contribution >= 0.6 is 69.6 Å². The van der Waals surface area contributed by atoms with Gasteiger partial charge >= 0.3 is 0 Å². The number of rotatable bonds is 12. The van der Waals surface area contributed by atoms with Gasteiger partial charge in [-0.3, -0.25) is 19.2 Å². The highest BCUT2D eigenvalue weighted by molar-refractivity contribution is 6.38. The van der Waals surface area contributed by atoms with Crippen LogP contribution in [0.25, 0.3) is 45.0 Å². The van der Waals surface area contributed by atoms with Gasteiger partial charge in [-0.1, -0.05) is 130 Å². The van der Waals surface area contributed by atoms with E-state index >= 15 is 0 Å². The number of nitrogens with one attached hydrogen (secondary N) is 4. The van der Waals surface area contributed by atoms with Crippen molar-refractivity contribution in [1.82, 2.24) is 19.9 Å². The minimum absolute atomic E-state index is 0.00139. The fourth-order valence-corrected chi connectivity index (χ4v) is 14.9. The number of benzene rings is 8. The first-order chi connectivity index (χ1) is 52.4. The normalized spacial score (nSPS) is 12.9. The summed E-state index contributed by atoms with van der Waals surface area (Å²) in [6, 6.07) is 40.8. The lowest BCUT2D eigenvalue weighted by Gasteiger charge is -2.15. The molecule has 12 aromatic rings. The van der Waals surface area contributed by atoms with Crippen molar-refractivity contribution in [3.63, 3.8) is 0 Å². The van der Waals surface area contributed by atoms with Crippen molar-refractivity contribution in [2.75, 3.05) is 52.2 Å². The molecule has 8 aromatic carbocycles. The number of H-pyrrole nitrogens is 4. The van der Waals surface area contributed by atoms with Gasteiger partial charge in [0.2, 0.25) is 0 Å². The number of hydrogen-bond donors (Lipinski definition) is 8. The maximum Gasteiger partial charge on any atom is 0.280 e. The molecule has 556 valence electrons. The second-order valence-corrected chi connectivity index (χ2v) is 28.6. The molecule has 4 aliphatic rings. The smallest absolute Gasteiger partial charge is 0.280 e. The van der Waals surface area contributed by atoms with Gasteiger partial charge in [0.15, 0.2) is 23.5 Å². The average Bonchev–Trinajstić information content (AvgIpc) is 1.60. The van der Waals surface area contributed by atoms with Crippen molar-refractivity contribution in [1.29, 1.82) is 0 Å². The summed E-state index contributed by atoms with van der Waals surface area (Å²) in [6.07, 6.45) is 0. The van der Waals surface area contributed by atoms with Crippen molar-refractivity contribution in [3.8, 4) is 80.0 Å². The molecule has 0 atom stereocenters. The van der Waals surface area contributed by atoms with E-state index in [1.807, 2.05) is 126 Å². The third-order valence-corrected chi connectivity index (χ3v) is 20.6. The largest absolute Gasteiger partial charge is 0.496 e. The molecule has 110 heavy (non-hydrogen) atoms. The van der Waals surface area contributed by atoms with Crippen LogP contribution in [0.1, 0.15) is 108 Å². The van der Waals surface area contributed by atoms with Gasteiger partial charge < -0.3 is 59.6 Å². The average molecular weight is 1600 g/mol. The second kappa shape index (κ2) is 30.4. The number of hydrogen-bond acceptors (Lipinski definition) is 12. The van der Waals surface area contributed by atoms with E-state index in [1.165, 1.54) is 50.6 Å². The lowest BCUT2D eigenvalue weighted by atomic mass is 9.96. The fraction of sp³-hybridized carbons (Fsp3) is 0.122. The molecule has 0 bridgehead atoms. The highest BCUT2D eigenvalue weighted by Crippen LogP contribution is 2.47. The highest BCUT2D eigenvalue weighted by atomic mass is 35.5. The molecule has 20 nitrogen and oxygen atoms in total. The lowest BCUT2D eigenvalue weighted by molar-refractivity contribution is 0.0998. The monoisotopic (exact) mass is 1590 g/mol. The zero-order chi connectivity index (χ0) is 78.9. The molecule has 0 fully saturated rings. The van der Waals surface area contributed by atoms with Gasteiger partial charge in [0.25, 0.3) is 23.6 Å². The van der Waals surface area contributed by atoms with Gasteiger partial charge in [-0.05, 0) is 135 Å². The first-order valence-corrected chi connectivity index (χ1v) is 35.7. The SMILES string of the molecule is CN(C)c1ccc(C2=NC(=O)c3c(-c4ccc(N(C)C)c(Cl)c4)[nH]c(O)c32)cc1Cl.COc1cccc(F)c1C1=NC(=O)c2c(-c3c(F)cccc3OC)[nH]c(O)c21.Cc1cc(Cl)ccc1C1=NC(=O)c2c(-c3ccc(Cl)cc3C)[nH]c(O)c21.Cc1ccc(C2=NC(=O)c3c(-c4ccc(C)c(Cl)c4)[nH]c(O)c32)cc1Cl. The van der Waals surface area contributed by atoms with Gasteiger partial charge in [0, 0.05) is 81.7 Å². The summed E-state index contributed by atoms with van der Waals surface area (Å²) in [5.41, 5.74) is 14.3. The number of halogens is 8. The van der Waals surface area contributed by atoms with Gasteiger partial charge in [-0.15, -0.1) is 0 Å². The van der Waals surface area contributed by atoms with E-state index in [0.29, 0.717) is 120 Å². The third-order valence-electron chi connectivity index (χ3n) is 18.7. The number of anilines is 2. The van der Waals surface area contributed by atoms with E-state index < -0.39 is 35.2 Å². The molecule has 0 unspecified atom stereocenters. The summed E-state index contributed by atoms with van der Waals surface area (Å²) in [7, 11) is 10.3. The minimum Gasteiger partial charge on any atom is -0.496 e. The summed E-state index contributed by atoms with van der Waals surface area (Å²) in [4.78, 5) is 82.2. The Labute approximate surface area is 657 Å². The summed E-state index contributed by atoms with van der Waals surface area (Å²) in [5.74, 6) is -3.73. The van der Waals surface area contributed by atoms with Crippen LogP contribution in [-0.4, -0.2) is 129 Å². The quantitative estimate of drug-likeness (QED) is 0.0567. The molecular weight excluding hydrogens is 1540 g/mol. The highest BCUT2D eigenvalue weighted by Gasteiger charge is 2.40. The van der Waals surface area contributed by atoms with E-state index in [9.17, 15) is 48.4 Å². The van der Waals surface area contributed by atoms with Crippen LogP contribution in [0.4, 0.5) is 20.2 Å². The van der Waals surface area contributed by atoms with Crippen molar-refractivity contribution in [2.45, 2.75) is 27.7 Å². The Hall–Kier alpha value is -11.8. The maximum absolute atomic E-state index is 14.5. The van der Waals surface area contributed by atoms with Gasteiger partial charge in [-0.2, -0.15) is 0 Å². The predicted octanol–water partition coefficient (Wildman–Crippen LogP) is 19.1. The lowest BCUT2D eigenvalue weighted by Crippen LogP contribution is -2.10. The summed E-state index contributed by atoms with van der Waals surface area (Å²) in [6.45, 7) is 7.58. The molecule has 28 heteroatoms. The molecule has 4 aromatic heterocycles. The molecule has 4 aliphatic heterocycles. The van der Waals surface area contributed by atoms with E-state index in [2.05, 4.69) is 39.9 Å². The Morgan fingerprint density at radius 3 is 1.15 bits per heavy atom. The van der Waals surface area contributed by atoms with E-state index in [4.69, 9.17) is 79.1 Å². The van der Waals surface area contributed by atoms with Crippen LogP contribution in [0, 0.1) is 39.3 Å². The molecule has 0 aliphatic carbocycles. The zero-order valence-electron chi connectivity index (χ0n) is 59.8. The third kappa shape index (κ3) is 13.9. The van der Waals surface area contributed by atoms with Crippen molar-refractivity contribution in [2.24, 2.45) is 20.0 Å². The first-order valence-electron chi connectivity index (χ1n) is 33.4. The summed E-state index contributed by atoms with van der Waals surface area (Å²) >= 11 is 37.3. The molecule has 0 saturated heterocycles. The Morgan fingerprint density at radius 2 is 0.691 bits per heavy atom. The number of aromatic amines is 4. The number of aryl methyl sites for hydroxylation is 4. The Bertz CT molecular complexity index is 6050. The molecular formula is C82H62Cl6F2N10O10. The molecule has 4 amide bonds. The van der Waals surface area contributed by atoms with Crippen LogP contribution < -0.4 is 19.3 Å². The van der Waals surface area contributed by atoms with Gasteiger partial charge in [0.05, 0.1) is 137 Å². The number of amides is 4. The van der Waals surface area contributed by atoms with E-state index in [0.717, 1.165) is 44.8 Å². The number of aliphatic imine (C=N–C) groups is 4. The van der Waals surface area contributed by atoms with Crippen molar-refractivity contribution in [3.05, 3.63) is 276 Å². The maximum atomic E-state index is 14.5. The number of aromatic hydroxyl groups is 4. The number of aromatic nitrogens is 4. The molecule has 0 radical (unpaired) electrons. The minimum atomic E-state index is -0.743. The number of nitrogens with zero attached hydrogens (tertiary/aromatic N) is 6. The topological polar surface area (TPSA) is 287 Å². The molecule has 0 spiro atoms. The van der Waals surface area contributed by atoms with Crippen LogP contribution in [0.3, 0.4) is 0 Å². The van der Waals surface area contributed by atoms with E-state index in [-0.39, 0.29) is 68.7 Å². The fourth-order valence-electron chi connectivity index (χ4n) is 13.3. The standard InChI is InChI=1S/C22H20Cl2N4O2.2C20H14Cl2N2O2.C20H14F2N2O4/c1-27(2)15-7-5-11(9-13(15)23)19-17-18(22(30)25-19)20(26-21(17)29)12-6-8-16(28(3)4)14(24)10-12;1-9-7-11(21)3-5-13(9)17-15-16(20(26)23-17)18(24-19(15)25)14-6-4-12(22)8-10(14)2;1-9-3-5-11(7-13(9)21)17-15-16(20(26)23-17)18(24-19(15)25)12-6-4-10(2)14(22)8-12;1-27-11-7-3-5-9(21)13(11)17-15-16(20(26)23-17)18(24-19(15)25)14-10(22)6-4-8-12(14)28-2/h5-10,25,30H,1-4H3;2*3-8,23,26H,1-2H3;3-8,23,26H,1-2H3. The molecule has 0 saturated carbocycles. The number of ether oxygens (including phenoxy) is 2. The summed E-state index contributed by atoms with van der Waals surface area (Å²) < 4.78 is 39.4. The number of methoxy groups -OCH3 is 2. The Kier molecular flexibility index (Phi) is 21.1. The Balaban J connectivity index is 0.000000129. The van der Waals surface area contributed by atoms with Crippen molar-refractivity contribution < 1.29 is 57.9 Å². The van der Waals surface area contributed by atoms with Crippen LogP contribution in [0.5, 0.6) is 35.0 Å². The molecule has 8 heterocycles. The molecule has 16 rings (SSSR count). The van der Waals surface area contributed by atoms with Gasteiger partial charge in [-0.25, -0.2) is 28.8 Å². The zero-order valence-corrected chi connectivity index (χ0v) is 64.3. The van der Waals surface area contributed by atoms with Crippen LogP contribution in [0.15, 0.2) is 166 Å². The predicted molar refractivity (Wildman–Crippen MR) is 428 cm³/mol. The molecule has 8 N–H and O–H groups in total. The van der Waals surface area contributed by atoms with Crippen molar-refractivity contribution >= 4 is 127 Å². The van der Waals surface area contributed by atoms with E-state index in [1.54, 1.807) is 48.5 Å². The number of carbonyl (C=O) groups is 4. The van der Waals surface area contributed by atoms with Gasteiger partial charge in [0.1, 0.15) is 23.1 Å². The summed E-state index contributed by atoms with van der Waals surface area (Å²) in [5, 5.41) is 45.5. The first kappa shape index (κ1) is 76.4. The Morgan fingerprint density at radius 1 is 0.345 bits per heavy atom. The number of carbonyl (C=O) groups excluding carboxylic acids is 4. The second-order valence-electron chi connectivity index (χ2n) is 26.1. The van der Waals surface area contributed by atoms with Crippen LogP contribution in [0.2, 0.25) is 30.1 Å². The van der Waals surface area contributed by atoms with Crippen LogP contribution in [-0.2, 0) is 0 Å². The number of fused-ring (bicyclic) bond motifs is 4.